The smallest absolute Gasteiger partial charge is 0.871 e. The third-order valence-corrected chi connectivity index (χ3v) is 5.76. The molecule has 4 aromatic rings. The van der Waals surface area contributed by atoms with Crippen LogP contribution in [0.5, 0.6) is 11.5 Å². The Kier molecular flexibility index (Phi) is 7.30. The maximum atomic E-state index is 11.3. The van der Waals surface area contributed by atoms with E-state index >= 15 is 0 Å². The van der Waals surface area contributed by atoms with Crippen LogP contribution in [0.4, 0.5) is 0 Å². The van der Waals surface area contributed by atoms with E-state index in [1.807, 2.05) is 0 Å². The zero-order valence-corrected chi connectivity index (χ0v) is 20.1. The summed E-state index contributed by atoms with van der Waals surface area (Å²) in [5, 5.41) is 22.9. The Bertz CT molecular complexity index is 1360. The minimum atomic E-state index is -4.33. The standard InChI is InChI=1S/2C9H7NO4S.Zn/c2*11-7-3-4-8(15(12,13)14)6-2-1-5-10-9(6)7;/h2*1-5,11H,(H,12,13,14);/q;;+2/p-2. The van der Waals surface area contributed by atoms with E-state index in [0.29, 0.717) is 0 Å². The van der Waals surface area contributed by atoms with Gasteiger partial charge in [-0.1, -0.05) is 23.6 Å². The molecule has 0 spiro atoms. The van der Waals surface area contributed by atoms with Gasteiger partial charge in [-0.2, -0.15) is 16.8 Å². The average Bonchev–Trinajstić information content (AvgIpc) is 2.67. The Morgan fingerprint density at radius 1 is 0.645 bits per heavy atom. The number of nitrogens with zero attached hydrogens (tertiary/aromatic N) is 2. The molecular formula is C18H12N2O8S2Zn. The van der Waals surface area contributed by atoms with Crippen molar-refractivity contribution in [3.05, 3.63) is 60.9 Å². The van der Waals surface area contributed by atoms with Crippen LogP contribution in [0, 0.1) is 0 Å². The number of fused-ring (bicyclic) bond motifs is 2. The monoisotopic (exact) mass is 512 g/mol. The van der Waals surface area contributed by atoms with Crippen molar-refractivity contribution in [1.82, 2.24) is 9.97 Å². The van der Waals surface area contributed by atoms with Gasteiger partial charge in [0.15, 0.2) is 0 Å². The molecule has 156 valence electrons. The quantitative estimate of drug-likeness (QED) is 0.291. The van der Waals surface area contributed by atoms with Gasteiger partial charge in [-0.3, -0.25) is 19.1 Å². The van der Waals surface area contributed by atoms with Gasteiger partial charge in [-0.15, -0.1) is 0 Å². The van der Waals surface area contributed by atoms with Gasteiger partial charge in [0.05, 0.1) is 11.0 Å². The SMILES string of the molecule is O=S(=O)(O)c1ccc([O-])c2ncccc12.O=S(=O)(O)c1ccc([O-])c2ncccc12.[Zn+2]. The molecule has 0 atom stereocenters. The summed E-state index contributed by atoms with van der Waals surface area (Å²) in [5.74, 6) is -0.754. The summed E-state index contributed by atoms with van der Waals surface area (Å²) in [6, 6.07) is 10.1. The van der Waals surface area contributed by atoms with Gasteiger partial charge in [0.1, 0.15) is 9.79 Å². The zero-order valence-electron chi connectivity index (χ0n) is 15.5. The largest absolute Gasteiger partial charge is 2.00 e. The van der Waals surface area contributed by atoms with Gasteiger partial charge in [0.2, 0.25) is 0 Å². The number of benzene rings is 2. The van der Waals surface area contributed by atoms with E-state index in [1.54, 1.807) is 0 Å². The molecule has 10 nitrogen and oxygen atoms in total. The molecule has 0 saturated heterocycles. The summed E-state index contributed by atoms with van der Waals surface area (Å²) in [6.07, 6.45) is 2.77. The third kappa shape index (κ3) is 5.32. The zero-order chi connectivity index (χ0) is 22.1. The molecule has 2 aromatic carbocycles. The van der Waals surface area contributed by atoms with Crippen LogP contribution in [0.3, 0.4) is 0 Å². The molecule has 0 amide bonds. The van der Waals surface area contributed by atoms with Gasteiger partial charge < -0.3 is 10.2 Å². The maximum absolute atomic E-state index is 11.3. The van der Waals surface area contributed by atoms with Gasteiger partial charge >= 0.3 is 19.5 Å². The maximum Gasteiger partial charge on any atom is 2.00 e. The van der Waals surface area contributed by atoms with E-state index in [0.717, 1.165) is 24.3 Å². The van der Waals surface area contributed by atoms with Gasteiger partial charge in [-0.25, -0.2) is 0 Å². The normalized spacial score (nSPS) is 11.4. The Labute approximate surface area is 189 Å². The van der Waals surface area contributed by atoms with Crippen molar-refractivity contribution in [2.75, 3.05) is 0 Å². The predicted molar refractivity (Wildman–Crippen MR) is 102 cm³/mol. The van der Waals surface area contributed by atoms with Crippen molar-refractivity contribution in [2.24, 2.45) is 0 Å². The van der Waals surface area contributed by atoms with Crippen molar-refractivity contribution in [3.63, 3.8) is 0 Å². The Hall–Kier alpha value is -2.70. The van der Waals surface area contributed by atoms with Crippen molar-refractivity contribution >= 4 is 42.0 Å². The second-order valence-electron chi connectivity index (χ2n) is 5.87. The van der Waals surface area contributed by atoms with Crippen LogP contribution >= 0.6 is 0 Å². The van der Waals surface area contributed by atoms with E-state index in [2.05, 4.69) is 9.97 Å². The van der Waals surface area contributed by atoms with E-state index in [1.165, 1.54) is 36.7 Å². The second-order valence-corrected chi connectivity index (χ2v) is 8.65. The van der Waals surface area contributed by atoms with E-state index in [9.17, 15) is 27.0 Å². The van der Waals surface area contributed by atoms with E-state index < -0.39 is 20.2 Å². The first-order chi connectivity index (χ1) is 14.0. The fraction of sp³-hybridized carbons (Fsp3) is 0. The fourth-order valence-corrected chi connectivity index (χ4v) is 4.06. The van der Waals surface area contributed by atoms with E-state index in [-0.39, 0.29) is 62.6 Å². The molecule has 0 radical (unpaired) electrons. The van der Waals surface area contributed by atoms with Crippen molar-refractivity contribution in [3.8, 4) is 11.5 Å². The van der Waals surface area contributed by atoms with Crippen molar-refractivity contribution in [2.45, 2.75) is 9.79 Å². The summed E-state index contributed by atoms with van der Waals surface area (Å²) >= 11 is 0. The number of rotatable bonds is 2. The Morgan fingerprint density at radius 2 is 1.00 bits per heavy atom. The van der Waals surface area contributed by atoms with Crippen LogP contribution in [0.1, 0.15) is 0 Å². The number of hydrogen-bond acceptors (Lipinski definition) is 8. The predicted octanol–water partition coefficient (Wildman–Crippen LogP) is 1.11. The first kappa shape index (κ1) is 24.6. The molecular weight excluding hydrogens is 502 g/mol. The van der Waals surface area contributed by atoms with Crippen LogP contribution in [-0.2, 0) is 39.7 Å². The van der Waals surface area contributed by atoms with Crippen LogP contribution in [0.2, 0.25) is 0 Å². The molecule has 0 bridgehead atoms. The molecule has 0 unspecified atom stereocenters. The van der Waals surface area contributed by atoms with E-state index in [4.69, 9.17) is 9.11 Å². The van der Waals surface area contributed by atoms with Crippen LogP contribution < -0.4 is 10.2 Å². The minimum Gasteiger partial charge on any atom is -0.871 e. The van der Waals surface area contributed by atoms with Crippen LogP contribution in [-0.4, -0.2) is 35.9 Å². The first-order valence-corrected chi connectivity index (χ1v) is 10.9. The van der Waals surface area contributed by atoms with Crippen LogP contribution in [0.25, 0.3) is 21.8 Å². The molecule has 4 rings (SSSR count). The summed E-state index contributed by atoms with van der Waals surface area (Å²) in [4.78, 5) is 6.93. The molecule has 31 heavy (non-hydrogen) atoms. The molecule has 0 aliphatic rings. The van der Waals surface area contributed by atoms with Gasteiger partial charge in [-0.05, 0) is 36.4 Å². The molecule has 2 aromatic heterocycles. The van der Waals surface area contributed by atoms with Gasteiger partial charge in [0, 0.05) is 23.2 Å². The molecule has 2 N–H and O–H groups in total. The number of hydrogen-bond donors (Lipinski definition) is 2. The summed E-state index contributed by atoms with van der Waals surface area (Å²) < 4.78 is 61.8. The molecule has 2 heterocycles. The number of aromatic nitrogens is 2. The Morgan fingerprint density at radius 3 is 1.32 bits per heavy atom. The fourth-order valence-electron chi connectivity index (χ4n) is 2.69. The van der Waals surface area contributed by atoms with Gasteiger partial charge in [0.25, 0.3) is 20.2 Å². The van der Waals surface area contributed by atoms with Crippen molar-refractivity contribution in [1.29, 1.82) is 0 Å². The molecule has 0 saturated carbocycles. The third-order valence-electron chi connectivity index (χ3n) is 3.94. The number of pyridine rings is 2. The second kappa shape index (κ2) is 9.20. The van der Waals surface area contributed by atoms with Crippen LogP contribution in [0.15, 0.2) is 70.7 Å². The topological polar surface area (TPSA) is 181 Å². The average molecular weight is 514 g/mol. The molecule has 0 aliphatic carbocycles. The Balaban J connectivity index is 0.000000213. The summed E-state index contributed by atoms with van der Waals surface area (Å²) in [5.41, 5.74) is 0.0697. The summed E-state index contributed by atoms with van der Waals surface area (Å²) in [6.45, 7) is 0. The molecule has 0 fully saturated rings. The van der Waals surface area contributed by atoms with Crippen molar-refractivity contribution < 1.29 is 55.6 Å². The summed E-state index contributed by atoms with van der Waals surface area (Å²) in [7, 11) is -8.65. The minimum absolute atomic E-state index is 0. The molecule has 0 aliphatic heterocycles. The molecule has 13 heteroatoms. The first-order valence-electron chi connectivity index (χ1n) is 8.04.